The number of hydrogen-bond acceptors (Lipinski definition) is 4. The van der Waals surface area contributed by atoms with E-state index in [1.165, 1.54) is 30.8 Å². The summed E-state index contributed by atoms with van der Waals surface area (Å²) in [4.78, 5) is 19.0. The third kappa shape index (κ3) is 3.30. The van der Waals surface area contributed by atoms with Crippen LogP contribution in [0.1, 0.15) is 27.4 Å². The fraction of sp³-hybridized carbons (Fsp3) is 0.688. The Bertz CT molecular complexity index is 496. The van der Waals surface area contributed by atoms with Crippen molar-refractivity contribution in [3.63, 3.8) is 0 Å². The van der Waals surface area contributed by atoms with Crippen molar-refractivity contribution < 1.29 is 9.90 Å². The van der Waals surface area contributed by atoms with Gasteiger partial charge in [-0.1, -0.05) is 0 Å². The van der Waals surface area contributed by atoms with E-state index >= 15 is 0 Å². The number of carbonyl (C=O) groups is 1. The first kappa shape index (κ1) is 15.0. The summed E-state index contributed by atoms with van der Waals surface area (Å²) >= 11 is 1.56. The summed E-state index contributed by atoms with van der Waals surface area (Å²) in [5.41, 5.74) is 0. The molecule has 1 N–H and O–H groups in total. The summed E-state index contributed by atoms with van der Waals surface area (Å²) in [6.07, 6.45) is 2.57. The third-order valence-corrected chi connectivity index (χ3v) is 5.73. The van der Waals surface area contributed by atoms with E-state index < -0.39 is 0 Å². The summed E-state index contributed by atoms with van der Waals surface area (Å²) in [6.45, 7) is 7.07. The molecular formula is C16H24N2O2S. The van der Waals surface area contributed by atoms with Gasteiger partial charge in [-0.3, -0.25) is 4.79 Å². The molecule has 0 bridgehead atoms. The molecule has 3 rings (SSSR count). The van der Waals surface area contributed by atoms with Crippen molar-refractivity contribution in [2.24, 2.45) is 11.8 Å². The van der Waals surface area contributed by atoms with Crippen molar-refractivity contribution in [2.75, 3.05) is 39.3 Å². The zero-order chi connectivity index (χ0) is 14.8. The highest BCUT2D eigenvalue weighted by molar-refractivity contribution is 7.13. The van der Waals surface area contributed by atoms with E-state index in [2.05, 4.69) is 4.90 Å². The molecule has 0 aliphatic carbocycles. The molecule has 2 fully saturated rings. The van der Waals surface area contributed by atoms with Crippen molar-refractivity contribution >= 4 is 17.2 Å². The highest BCUT2D eigenvalue weighted by Gasteiger charge is 2.36. The first-order valence-corrected chi connectivity index (χ1v) is 8.68. The van der Waals surface area contributed by atoms with Crippen LogP contribution in [0.15, 0.2) is 12.1 Å². The monoisotopic (exact) mass is 308 g/mol. The Hall–Kier alpha value is -0.910. The molecule has 0 spiro atoms. The van der Waals surface area contributed by atoms with Crippen LogP contribution in [0.3, 0.4) is 0 Å². The number of hydrogen-bond donors (Lipinski definition) is 1. The maximum Gasteiger partial charge on any atom is 0.263 e. The van der Waals surface area contributed by atoms with Crippen molar-refractivity contribution in [3.05, 3.63) is 21.9 Å². The molecule has 2 atom stereocenters. The summed E-state index contributed by atoms with van der Waals surface area (Å²) in [5, 5.41) is 9.63. The minimum atomic E-state index is 0.135. The molecule has 1 aromatic rings. The van der Waals surface area contributed by atoms with Crippen molar-refractivity contribution in [2.45, 2.75) is 19.8 Å². The zero-order valence-corrected chi connectivity index (χ0v) is 13.4. The molecule has 4 nitrogen and oxygen atoms in total. The number of carbonyl (C=O) groups excluding carboxylic acids is 1. The Morgan fingerprint density at radius 2 is 2.00 bits per heavy atom. The van der Waals surface area contributed by atoms with Crippen molar-refractivity contribution in [1.29, 1.82) is 0 Å². The van der Waals surface area contributed by atoms with Crippen LogP contribution in [0.4, 0.5) is 0 Å². The van der Waals surface area contributed by atoms with E-state index in [1.54, 1.807) is 11.3 Å². The van der Waals surface area contributed by atoms with Crippen LogP contribution in [0.2, 0.25) is 0 Å². The van der Waals surface area contributed by atoms with E-state index in [9.17, 15) is 9.90 Å². The van der Waals surface area contributed by atoms with Gasteiger partial charge in [0, 0.05) is 37.0 Å². The molecule has 2 aliphatic heterocycles. The molecule has 2 aliphatic rings. The van der Waals surface area contributed by atoms with E-state index in [1.807, 2.05) is 24.0 Å². The van der Waals surface area contributed by atoms with Gasteiger partial charge in [-0.25, -0.2) is 0 Å². The molecule has 0 aromatic carbocycles. The summed E-state index contributed by atoms with van der Waals surface area (Å²) in [7, 11) is 0. The molecule has 3 heterocycles. The molecule has 0 unspecified atom stereocenters. The molecule has 0 radical (unpaired) electrons. The Kier molecular flexibility index (Phi) is 4.62. The van der Waals surface area contributed by atoms with Crippen molar-refractivity contribution in [3.8, 4) is 0 Å². The highest BCUT2D eigenvalue weighted by Crippen LogP contribution is 2.28. The molecule has 0 saturated carbocycles. The number of rotatable bonds is 4. The molecule has 21 heavy (non-hydrogen) atoms. The lowest BCUT2D eigenvalue weighted by molar-refractivity contribution is 0.0784. The first-order valence-electron chi connectivity index (χ1n) is 7.86. The molecule has 2 saturated heterocycles. The smallest absolute Gasteiger partial charge is 0.263 e. The predicted molar refractivity (Wildman–Crippen MR) is 84.7 cm³/mol. The molecule has 1 aromatic heterocycles. The minimum Gasteiger partial charge on any atom is -0.396 e. The quantitative estimate of drug-likeness (QED) is 0.923. The topological polar surface area (TPSA) is 43.8 Å². The minimum absolute atomic E-state index is 0.135. The number of aliphatic hydroxyl groups excluding tert-OH is 1. The van der Waals surface area contributed by atoms with Gasteiger partial charge < -0.3 is 14.9 Å². The number of aliphatic hydroxyl groups is 1. The maximum atomic E-state index is 12.5. The average molecular weight is 308 g/mol. The Balaban J connectivity index is 1.64. The van der Waals surface area contributed by atoms with Gasteiger partial charge in [-0.15, -0.1) is 11.3 Å². The summed E-state index contributed by atoms with van der Waals surface area (Å²) in [5.74, 6) is 0.782. The normalized spacial score (nSPS) is 26.7. The fourth-order valence-corrected chi connectivity index (χ4v) is 4.36. The Labute approximate surface area is 130 Å². The fourth-order valence-electron chi connectivity index (χ4n) is 3.52. The predicted octanol–water partition coefficient (Wildman–Crippen LogP) is 1.83. The molecule has 5 heteroatoms. The van der Waals surface area contributed by atoms with Gasteiger partial charge in [-0.2, -0.15) is 0 Å². The lowest BCUT2D eigenvalue weighted by Crippen LogP contribution is -2.32. The lowest BCUT2D eigenvalue weighted by Gasteiger charge is -2.22. The van der Waals surface area contributed by atoms with Gasteiger partial charge in [0.2, 0.25) is 0 Å². The third-order valence-electron chi connectivity index (χ3n) is 4.74. The second-order valence-electron chi connectivity index (χ2n) is 6.33. The first-order chi connectivity index (χ1) is 10.2. The second-order valence-corrected chi connectivity index (χ2v) is 7.62. The van der Waals surface area contributed by atoms with Crippen LogP contribution in [0.5, 0.6) is 0 Å². The van der Waals surface area contributed by atoms with Gasteiger partial charge >= 0.3 is 0 Å². The maximum absolute atomic E-state index is 12.5. The van der Waals surface area contributed by atoms with Gasteiger partial charge in [0.05, 0.1) is 4.88 Å². The molecule has 1 amide bonds. The van der Waals surface area contributed by atoms with E-state index in [4.69, 9.17) is 0 Å². The van der Waals surface area contributed by atoms with Gasteiger partial charge in [-0.05, 0) is 50.9 Å². The van der Waals surface area contributed by atoms with E-state index in [0.717, 1.165) is 18.0 Å². The number of nitrogens with zero attached hydrogens (tertiary/aromatic N) is 2. The van der Waals surface area contributed by atoms with Crippen LogP contribution in [0.25, 0.3) is 0 Å². The van der Waals surface area contributed by atoms with Gasteiger partial charge in [0.1, 0.15) is 0 Å². The van der Waals surface area contributed by atoms with Crippen LogP contribution in [-0.4, -0.2) is 60.1 Å². The molecule has 116 valence electrons. The Morgan fingerprint density at radius 3 is 2.62 bits per heavy atom. The van der Waals surface area contributed by atoms with Crippen molar-refractivity contribution in [1.82, 2.24) is 9.80 Å². The van der Waals surface area contributed by atoms with E-state index in [0.29, 0.717) is 12.5 Å². The highest BCUT2D eigenvalue weighted by atomic mass is 32.1. The number of aryl methyl sites for hydroxylation is 1. The number of amides is 1. The summed E-state index contributed by atoms with van der Waals surface area (Å²) in [6, 6.07) is 3.92. The zero-order valence-electron chi connectivity index (χ0n) is 12.6. The van der Waals surface area contributed by atoms with Crippen LogP contribution < -0.4 is 0 Å². The average Bonchev–Trinajstić information content (AvgIpc) is 3.19. The largest absolute Gasteiger partial charge is 0.396 e. The van der Waals surface area contributed by atoms with Crippen LogP contribution >= 0.6 is 11.3 Å². The lowest BCUT2D eigenvalue weighted by atomic mass is 9.96. The number of likely N-dealkylation sites (tertiary alicyclic amines) is 2. The SMILES string of the molecule is Cc1ccc(C(=O)N2C[C@@H](CN3CCCC3)[C@@H](CO)C2)s1. The standard InChI is InChI=1S/C16H24N2O2S/c1-12-4-5-15(21-12)16(20)18-9-13(14(10-18)11-19)8-17-6-2-3-7-17/h4-5,13-14,19H,2-3,6-11H2,1H3/t13-,14-/m1/s1. The van der Waals surface area contributed by atoms with Gasteiger partial charge in [0.25, 0.3) is 5.91 Å². The number of thiophene rings is 1. The van der Waals surface area contributed by atoms with Gasteiger partial charge in [0.15, 0.2) is 0 Å². The second kappa shape index (κ2) is 6.46. The van der Waals surface area contributed by atoms with E-state index in [-0.39, 0.29) is 18.4 Å². The van der Waals surface area contributed by atoms with Crippen LogP contribution in [0, 0.1) is 18.8 Å². The van der Waals surface area contributed by atoms with Crippen LogP contribution in [-0.2, 0) is 0 Å². The Morgan fingerprint density at radius 1 is 1.29 bits per heavy atom. The molecular weight excluding hydrogens is 284 g/mol. The summed E-state index contributed by atoms with van der Waals surface area (Å²) < 4.78 is 0.